The predicted molar refractivity (Wildman–Crippen MR) is 182 cm³/mol. The quantitative estimate of drug-likeness (QED) is 0.376. The first-order valence-corrected chi connectivity index (χ1v) is 16.4. The topological polar surface area (TPSA) is 104 Å². The van der Waals surface area contributed by atoms with Gasteiger partial charge in [-0.2, -0.15) is 0 Å². The van der Waals surface area contributed by atoms with E-state index in [0.717, 1.165) is 73.0 Å². The van der Waals surface area contributed by atoms with Gasteiger partial charge in [0.15, 0.2) is 0 Å². The number of rotatable bonds is 8. The third kappa shape index (κ3) is 20.8. The molecule has 1 N–H and O–H groups in total. The van der Waals surface area contributed by atoms with Crippen molar-refractivity contribution in [1.82, 2.24) is 5.32 Å². The molecule has 0 amide bonds. The fraction of sp³-hybridized carbons (Fsp3) is 0.611. The molecule has 47 heavy (non-hydrogen) atoms. The van der Waals surface area contributed by atoms with Crippen LogP contribution in [0.3, 0.4) is 0 Å². The van der Waals surface area contributed by atoms with Gasteiger partial charge in [0.2, 0.25) is 0 Å². The SMILES string of the molecule is C1=C\CCCOCCOCCOCCOCCOCCOCCC/1.COc1cc(CNCc2cc(OC)cc(OC)c2)cc(OC)c1. The van der Waals surface area contributed by atoms with Crippen LogP contribution >= 0.6 is 0 Å². The first-order valence-electron chi connectivity index (χ1n) is 16.4. The van der Waals surface area contributed by atoms with E-state index in [-0.39, 0.29) is 0 Å². The van der Waals surface area contributed by atoms with Gasteiger partial charge < -0.3 is 52.7 Å². The second-order valence-corrected chi connectivity index (χ2v) is 10.5. The van der Waals surface area contributed by atoms with Gasteiger partial charge in [0, 0.05) is 38.4 Å². The predicted octanol–water partition coefficient (Wildman–Crippen LogP) is 5.23. The second kappa shape index (κ2) is 28.1. The lowest BCUT2D eigenvalue weighted by atomic mass is 10.1. The molecule has 0 radical (unpaired) electrons. The van der Waals surface area contributed by atoms with Gasteiger partial charge in [0.1, 0.15) is 23.0 Å². The van der Waals surface area contributed by atoms with E-state index in [0.29, 0.717) is 79.2 Å². The molecule has 0 saturated carbocycles. The van der Waals surface area contributed by atoms with Crippen LogP contribution in [0.5, 0.6) is 23.0 Å². The summed E-state index contributed by atoms with van der Waals surface area (Å²) < 4.78 is 53.9. The van der Waals surface area contributed by atoms with Crippen molar-refractivity contribution in [2.75, 3.05) is 108 Å². The molecule has 0 aliphatic carbocycles. The minimum atomic E-state index is 0.580. The molecule has 1 aliphatic heterocycles. The Kier molecular flexibility index (Phi) is 24.1. The Bertz CT molecular complexity index is 942. The van der Waals surface area contributed by atoms with E-state index in [2.05, 4.69) is 17.5 Å². The van der Waals surface area contributed by atoms with Crippen molar-refractivity contribution in [2.45, 2.75) is 38.8 Å². The zero-order valence-electron chi connectivity index (χ0n) is 28.9. The first-order chi connectivity index (χ1) is 23.2. The lowest BCUT2D eigenvalue weighted by Crippen LogP contribution is -2.14. The van der Waals surface area contributed by atoms with Crippen LogP contribution in [0.25, 0.3) is 0 Å². The summed E-state index contributed by atoms with van der Waals surface area (Å²) in [6, 6.07) is 11.7. The summed E-state index contributed by atoms with van der Waals surface area (Å²) in [4.78, 5) is 0. The Morgan fingerprint density at radius 3 is 0.979 bits per heavy atom. The molecular formula is C36H57NO10. The maximum Gasteiger partial charge on any atom is 0.122 e. The van der Waals surface area contributed by atoms with Crippen LogP contribution < -0.4 is 24.3 Å². The van der Waals surface area contributed by atoms with E-state index < -0.39 is 0 Å². The van der Waals surface area contributed by atoms with Crippen LogP contribution in [-0.4, -0.2) is 108 Å². The van der Waals surface area contributed by atoms with Gasteiger partial charge in [0.25, 0.3) is 0 Å². The van der Waals surface area contributed by atoms with Crippen LogP contribution in [0.4, 0.5) is 0 Å². The van der Waals surface area contributed by atoms with E-state index in [1.807, 2.05) is 36.4 Å². The van der Waals surface area contributed by atoms with E-state index in [1.54, 1.807) is 28.4 Å². The standard InChI is InChI=1S/C18H23NO4.C18H34O6/c1-20-15-5-13(6-16(9-15)21-2)11-19-12-14-7-17(22-3)10-18(8-14)23-4;1-2-4-6-8-20-10-12-22-14-16-24-18-17-23-15-13-21-11-9-19-7-5-3-1/h5-10,19H,11-12H2,1-4H3;1-2H,3-18H2/b;2-1-. The number of methoxy groups -OCH3 is 4. The Balaban J connectivity index is 0.000000327. The Hall–Kier alpha value is -2.90. The number of hydrogen-bond acceptors (Lipinski definition) is 11. The number of allylic oxidation sites excluding steroid dienone is 2. The summed E-state index contributed by atoms with van der Waals surface area (Å²) in [5.74, 6) is 3.13. The third-order valence-corrected chi connectivity index (χ3v) is 6.83. The van der Waals surface area contributed by atoms with Gasteiger partial charge in [-0.1, -0.05) is 12.2 Å². The van der Waals surface area contributed by atoms with Crippen molar-refractivity contribution >= 4 is 0 Å². The van der Waals surface area contributed by atoms with Crippen LogP contribution in [0.2, 0.25) is 0 Å². The highest BCUT2D eigenvalue weighted by Crippen LogP contribution is 2.24. The zero-order chi connectivity index (χ0) is 33.6. The van der Waals surface area contributed by atoms with E-state index in [9.17, 15) is 0 Å². The summed E-state index contributed by atoms with van der Waals surface area (Å²) in [6.07, 6.45) is 8.66. The molecule has 3 rings (SSSR count). The molecule has 2 aromatic carbocycles. The zero-order valence-corrected chi connectivity index (χ0v) is 28.9. The highest BCUT2D eigenvalue weighted by atomic mass is 16.6. The summed E-state index contributed by atoms with van der Waals surface area (Å²) >= 11 is 0. The van der Waals surface area contributed by atoms with Crippen LogP contribution in [0.1, 0.15) is 36.8 Å². The average molecular weight is 664 g/mol. The second-order valence-electron chi connectivity index (χ2n) is 10.5. The first kappa shape index (κ1) is 40.3. The smallest absolute Gasteiger partial charge is 0.122 e. The highest BCUT2D eigenvalue weighted by molar-refractivity contribution is 5.39. The molecule has 0 aromatic heterocycles. The molecule has 11 heteroatoms. The minimum absolute atomic E-state index is 0.580. The third-order valence-electron chi connectivity index (χ3n) is 6.83. The van der Waals surface area contributed by atoms with Gasteiger partial charge in [-0.3, -0.25) is 0 Å². The molecule has 2 aromatic rings. The van der Waals surface area contributed by atoms with Crippen molar-refractivity contribution in [1.29, 1.82) is 0 Å². The molecule has 0 bridgehead atoms. The molecule has 0 spiro atoms. The molecule has 1 aliphatic rings. The van der Waals surface area contributed by atoms with Crippen molar-refractivity contribution in [3.05, 3.63) is 59.7 Å². The van der Waals surface area contributed by atoms with Gasteiger partial charge in [0.05, 0.1) is 94.5 Å². The molecule has 0 fully saturated rings. The number of hydrogen-bond donors (Lipinski definition) is 1. The lowest BCUT2D eigenvalue weighted by Gasteiger charge is -2.11. The lowest BCUT2D eigenvalue weighted by molar-refractivity contribution is -0.0168. The molecule has 0 atom stereocenters. The van der Waals surface area contributed by atoms with Gasteiger partial charge in [-0.25, -0.2) is 0 Å². The maximum atomic E-state index is 5.52. The molecule has 266 valence electrons. The monoisotopic (exact) mass is 663 g/mol. The minimum Gasteiger partial charge on any atom is -0.497 e. The number of nitrogens with one attached hydrogen (secondary N) is 1. The Morgan fingerprint density at radius 1 is 0.426 bits per heavy atom. The fourth-order valence-electron chi connectivity index (χ4n) is 4.33. The number of ether oxygens (including phenoxy) is 10. The molecular weight excluding hydrogens is 606 g/mol. The van der Waals surface area contributed by atoms with E-state index in [1.165, 1.54) is 0 Å². The molecule has 0 saturated heterocycles. The van der Waals surface area contributed by atoms with Gasteiger partial charge in [-0.15, -0.1) is 0 Å². The van der Waals surface area contributed by atoms with Crippen molar-refractivity contribution < 1.29 is 47.4 Å². The van der Waals surface area contributed by atoms with Crippen molar-refractivity contribution in [3.8, 4) is 23.0 Å². The van der Waals surface area contributed by atoms with E-state index >= 15 is 0 Å². The van der Waals surface area contributed by atoms with Gasteiger partial charge >= 0.3 is 0 Å². The Labute approximate surface area is 281 Å². The van der Waals surface area contributed by atoms with E-state index in [4.69, 9.17) is 47.4 Å². The molecule has 1 heterocycles. The molecule has 0 unspecified atom stereocenters. The summed E-state index contributed by atoms with van der Waals surface area (Å²) in [5.41, 5.74) is 2.19. The van der Waals surface area contributed by atoms with Crippen LogP contribution in [0, 0.1) is 0 Å². The van der Waals surface area contributed by atoms with Crippen LogP contribution in [0.15, 0.2) is 48.6 Å². The Morgan fingerprint density at radius 2 is 0.702 bits per heavy atom. The summed E-state index contributed by atoms with van der Waals surface area (Å²) in [5, 5.41) is 3.40. The summed E-state index contributed by atoms with van der Waals surface area (Å²) in [6.45, 7) is 9.01. The summed E-state index contributed by atoms with van der Waals surface area (Å²) in [7, 11) is 6.59. The van der Waals surface area contributed by atoms with Crippen molar-refractivity contribution in [2.24, 2.45) is 0 Å². The average Bonchev–Trinajstić information content (AvgIpc) is 3.10. The van der Waals surface area contributed by atoms with Gasteiger partial charge in [-0.05, 0) is 61.1 Å². The molecule has 11 nitrogen and oxygen atoms in total. The van der Waals surface area contributed by atoms with Crippen molar-refractivity contribution in [3.63, 3.8) is 0 Å². The van der Waals surface area contributed by atoms with Crippen LogP contribution in [-0.2, 0) is 41.5 Å². The number of benzene rings is 2. The normalized spacial score (nSPS) is 17.6. The highest BCUT2D eigenvalue weighted by Gasteiger charge is 2.04. The maximum absolute atomic E-state index is 5.52. The largest absolute Gasteiger partial charge is 0.497 e. The fourth-order valence-corrected chi connectivity index (χ4v) is 4.33.